The predicted molar refractivity (Wildman–Crippen MR) is 27.4 cm³/mol. The fourth-order valence-electron chi connectivity index (χ4n) is 0.0467. The fourth-order valence-corrected chi connectivity index (χ4v) is 0.140. The first-order chi connectivity index (χ1) is 3.18. The Morgan fingerprint density at radius 1 is 1.71 bits per heavy atom. The Hall–Kier alpha value is -0.210. The second kappa shape index (κ2) is 2.88. The number of carboxylic acids is 1. The summed E-state index contributed by atoms with van der Waals surface area (Å²) in [5.74, 6) is -1.21. The van der Waals surface area contributed by atoms with E-state index in [0.29, 0.717) is 0 Å². The van der Waals surface area contributed by atoms with Crippen molar-refractivity contribution in [1.82, 2.24) is 0 Å². The van der Waals surface area contributed by atoms with Gasteiger partial charge in [0.05, 0.1) is 0 Å². The first-order valence-electron chi connectivity index (χ1n) is 1.37. The fraction of sp³-hybridized carbons (Fsp3) is 0. The molecule has 2 nitrogen and oxygen atoms in total. The molecule has 0 aliphatic carbocycles. The summed E-state index contributed by atoms with van der Waals surface area (Å²) < 4.78 is 0. The van der Waals surface area contributed by atoms with E-state index < -0.39 is 5.97 Å². The molecule has 0 atom stereocenters. The van der Waals surface area contributed by atoms with Crippen molar-refractivity contribution in [3.05, 3.63) is 10.6 Å². The molecule has 0 bridgehead atoms. The molecule has 0 unspecified atom stereocenters. The average molecular weight is 141 g/mol. The monoisotopic (exact) mass is 140 g/mol. The van der Waals surface area contributed by atoms with Gasteiger partial charge in [-0.2, -0.15) is 0 Å². The molecule has 0 aliphatic rings. The summed E-state index contributed by atoms with van der Waals surface area (Å²) in [4.78, 5) is 9.65. The molecule has 0 heterocycles. The van der Waals surface area contributed by atoms with Gasteiger partial charge in [0.25, 0.3) is 0 Å². The molecule has 0 aromatic heterocycles. The van der Waals surface area contributed by atoms with Gasteiger partial charge in [0, 0.05) is 5.54 Å². The van der Waals surface area contributed by atoms with Crippen LogP contribution in [0.4, 0.5) is 0 Å². The maximum Gasteiger partial charge on any atom is 0.348 e. The number of hydrogen-bond donors (Lipinski definition) is 1. The number of rotatable bonds is 1. The second-order valence-electron chi connectivity index (χ2n) is 0.762. The zero-order valence-corrected chi connectivity index (χ0v) is 4.70. The van der Waals surface area contributed by atoms with Gasteiger partial charge in [-0.1, -0.05) is 23.2 Å². The molecule has 1 N–H and O–H groups in total. The van der Waals surface area contributed by atoms with Crippen molar-refractivity contribution in [2.45, 2.75) is 0 Å². The number of carbonyl (C=O) groups is 1. The van der Waals surface area contributed by atoms with Gasteiger partial charge >= 0.3 is 5.97 Å². The standard InChI is InChI=1S/C3H2Cl2O2/c4-1-2(5)3(6)7/h1H,(H,6,7)/b2-1+. The third kappa shape index (κ3) is 2.48. The van der Waals surface area contributed by atoms with Crippen molar-refractivity contribution < 1.29 is 9.90 Å². The minimum atomic E-state index is -1.21. The molecule has 0 radical (unpaired) electrons. The Labute approximate surface area is 50.3 Å². The predicted octanol–water partition coefficient (Wildman–Crippen LogP) is 1.39. The van der Waals surface area contributed by atoms with Crippen LogP contribution in [0, 0.1) is 0 Å². The third-order valence-corrected chi connectivity index (χ3v) is 0.901. The molecule has 0 spiro atoms. The zero-order chi connectivity index (χ0) is 5.86. The minimum Gasteiger partial charge on any atom is -0.477 e. The minimum absolute atomic E-state index is 0.373. The lowest BCUT2D eigenvalue weighted by molar-refractivity contribution is -0.131. The van der Waals surface area contributed by atoms with Crippen molar-refractivity contribution in [3.8, 4) is 0 Å². The highest BCUT2D eigenvalue weighted by Crippen LogP contribution is 2.00. The van der Waals surface area contributed by atoms with E-state index in [9.17, 15) is 4.79 Å². The van der Waals surface area contributed by atoms with Gasteiger partial charge in [-0.05, 0) is 0 Å². The SMILES string of the molecule is O=C(O)/C(Cl)=C\Cl. The molecule has 0 fully saturated rings. The second-order valence-corrected chi connectivity index (χ2v) is 1.39. The number of hydrogen-bond acceptors (Lipinski definition) is 1. The molecule has 0 saturated carbocycles. The van der Waals surface area contributed by atoms with Crippen molar-refractivity contribution in [2.24, 2.45) is 0 Å². The van der Waals surface area contributed by atoms with Crippen LogP contribution in [0.3, 0.4) is 0 Å². The summed E-state index contributed by atoms with van der Waals surface area (Å²) in [7, 11) is 0. The highest BCUT2D eigenvalue weighted by Gasteiger charge is 1.98. The molecule has 7 heavy (non-hydrogen) atoms. The summed E-state index contributed by atoms with van der Waals surface area (Å²) >= 11 is 9.80. The van der Waals surface area contributed by atoms with Gasteiger partial charge in [-0.3, -0.25) is 0 Å². The Kier molecular flexibility index (Phi) is 2.79. The maximum absolute atomic E-state index is 9.65. The Morgan fingerprint density at radius 2 is 2.14 bits per heavy atom. The van der Waals surface area contributed by atoms with Gasteiger partial charge in [0.15, 0.2) is 0 Å². The maximum atomic E-state index is 9.65. The first kappa shape index (κ1) is 6.79. The molecular formula is C3H2Cl2O2. The van der Waals surface area contributed by atoms with Crippen molar-refractivity contribution in [3.63, 3.8) is 0 Å². The van der Waals surface area contributed by atoms with Gasteiger partial charge in [-0.15, -0.1) is 0 Å². The average Bonchev–Trinajstić information content (AvgIpc) is 1.65. The van der Waals surface area contributed by atoms with E-state index in [-0.39, 0.29) is 5.03 Å². The van der Waals surface area contributed by atoms with Crippen LogP contribution in [-0.4, -0.2) is 11.1 Å². The van der Waals surface area contributed by atoms with Crippen molar-refractivity contribution in [2.75, 3.05) is 0 Å². The van der Waals surface area contributed by atoms with E-state index in [1.807, 2.05) is 0 Å². The van der Waals surface area contributed by atoms with Crippen LogP contribution in [0.2, 0.25) is 0 Å². The molecule has 4 heteroatoms. The van der Waals surface area contributed by atoms with E-state index in [0.717, 1.165) is 5.54 Å². The van der Waals surface area contributed by atoms with Gasteiger partial charge in [0.2, 0.25) is 0 Å². The Morgan fingerprint density at radius 3 is 2.14 bits per heavy atom. The van der Waals surface area contributed by atoms with E-state index in [2.05, 4.69) is 0 Å². The zero-order valence-electron chi connectivity index (χ0n) is 3.19. The van der Waals surface area contributed by atoms with Crippen LogP contribution in [0.1, 0.15) is 0 Å². The molecule has 0 aromatic carbocycles. The molecule has 40 valence electrons. The van der Waals surface area contributed by atoms with Crippen LogP contribution >= 0.6 is 23.2 Å². The van der Waals surface area contributed by atoms with Gasteiger partial charge in [0.1, 0.15) is 5.03 Å². The van der Waals surface area contributed by atoms with Crippen molar-refractivity contribution >= 4 is 29.2 Å². The lowest BCUT2D eigenvalue weighted by Gasteiger charge is -1.79. The summed E-state index contributed by atoms with van der Waals surface area (Å²) in [5, 5.41) is 7.52. The Bertz CT molecular complexity index is 108. The summed E-state index contributed by atoms with van der Waals surface area (Å²) in [6.45, 7) is 0. The number of carboxylic acid groups (broad SMARTS) is 1. The topological polar surface area (TPSA) is 37.3 Å². The highest BCUT2D eigenvalue weighted by atomic mass is 35.5. The van der Waals surface area contributed by atoms with Crippen LogP contribution in [-0.2, 0) is 4.79 Å². The summed E-state index contributed by atoms with van der Waals surface area (Å²) in [6.07, 6.45) is 0. The molecule has 0 rings (SSSR count). The lowest BCUT2D eigenvalue weighted by Crippen LogP contribution is -1.91. The third-order valence-electron chi connectivity index (χ3n) is 0.300. The highest BCUT2D eigenvalue weighted by molar-refractivity contribution is 6.45. The smallest absolute Gasteiger partial charge is 0.348 e. The van der Waals surface area contributed by atoms with Gasteiger partial charge in [-0.25, -0.2) is 4.79 Å². The largest absolute Gasteiger partial charge is 0.477 e. The van der Waals surface area contributed by atoms with E-state index in [4.69, 9.17) is 28.3 Å². The van der Waals surface area contributed by atoms with Crippen LogP contribution < -0.4 is 0 Å². The van der Waals surface area contributed by atoms with Gasteiger partial charge < -0.3 is 5.11 Å². The van der Waals surface area contributed by atoms with E-state index >= 15 is 0 Å². The quantitative estimate of drug-likeness (QED) is 0.560. The first-order valence-corrected chi connectivity index (χ1v) is 2.19. The van der Waals surface area contributed by atoms with E-state index in [1.54, 1.807) is 0 Å². The lowest BCUT2D eigenvalue weighted by atomic mass is 10.7. The van der Waals surface area contributed by atoms with E-state index in [1.165, 1.54) is 0 Å². The van der Waals surface area contributed by atoms with Crippen molar-refractivity contribution in [1.29, 1.82) is 0 Å². The molecule has 0 saturated heterocycles. The van der Waals surface area contributed by atoms with Crippen LogP contribution in [0.25, 0.3) is 0 Å². The molecule has 0 amide bonds. The molecular weight excluding hydrogens is 139 g/mol. The summed E-state index contributed by atoms with van der Waals surface area (Å²) in [6, 6.07) is 0. The number of aliphatic carboxylic acids is 1. The summed E-state index contributed by atoms with van der Waals surface area (Å²) in [5.41, 5.74) is 0.796. The molecule has 0 aliphatic heterocycles. The van der Waals surface area contributed by atoms with Crippen LogP contribution in [0.15, 0.2) is 10.6 Å². The normalized spacial score (nSPS) is 11.4. The number of halogens is 2. The van der Waals surface area contributed by atoms with Crippen LogP contribution in [0.5, 0.6) is 0 Å². The molecule has 0 aromatic rings. The Balaban J connectivity index is 3.82.